The Balaban J connectivity index is 1.94. The first-order valence-corrected chi connectivity index (χ1v) is 10.3. The van der Waals surface area contributed by atoms with Crippen LogP contribution >= 0.6 is 0 Å². The van der Waals surface area contributed by atoms with E-state index in [-0.39, 0.29) is 16.8 Å². The second-order valence-electron chi connectivity index (χ2n) is 6.90. The molecule has 0 unspecified atom stereocenters. The van der Waals surface area contributed by atoms with Crippen LogP contribution in [-0.2, 0) is 16.4 Å². The van der Waals surface area contributed by atoms with Gasteiger partial charge in [-0.15, -0.1) is 0 Å². The summed E-state index contributed by atoms with van der Waals surface area (Å²) < 4.78 is 23.7. The number of hydrogen-bond acceptors (Lipinski definition) is 3. The molecule has 0 aromatic heterocycles. The van der Waals surface area contributed by atoms with Gasteiger partial charge in [-0.3, -0.25) is 4.79 Å². The van der Waals surface area contributed by atoms with E-state index < -0.39 is 9.84 Å². The van der Waals surface area contributed by atoms with Gasteiger partial charge in [0.05, 0.1) is 4.90 Å². The molecular weight excluding hydrogens is 334 g/mol. The summed E-state index contributed by atoms with van der Waals surface area (Å²) in [6.07, 6.45) is 3.17. The molecule has 1 aliphatic carbocycles. The summed E-state index contributed by atoms with van der Waals surface area (Å²) in [6, 6.07) is 13.2. The van der Waals surface area contributed by atoms with Gasteiger partial charge in [-0.2, -0.15) is 0 Å². The molecule has 5 heteroatoms. The molecule has 1 fully saturated rings. The third-order valence-corrected chi connectivity index (χ3v) is 5.66. The van der Waals surface area contributed by atoms with Crippen LogP contribution in [0.15, 0.2) is 47.4 Å². The Bertz CT molecular complexity index is 914. The van der Waals surface area contributed by atoms with Crippen molar-refractivity contribution in [2.24, 2.45) is 0 Å². The highest BCUT2D eigenvalue weighted by molar-refractivity contribution is 7.90. The monoisotopic (exact) mass is 357 g/mol. The Hall–Kier alpha value is -2.14. The van der Waals surface area contributed by atoms with E-state index >= 15 is 0 Å². The largest absolute Gasteiger partial charge is 0.331 e. The second kappa shape index (κ2) is 6.64. The van der Waals surface area contributed by atoms with Gasteiger partial charge in [-0.1, -0.05) is 35.9 Å². The molecule has 0 bridgehead atoms. The highest BCUT2D eigenvalue weighted by Crippen LogP contribution is 2.31. The van der Waals surface area contributed by atoms with Crippen LogP contribution in [0, 0.1) is 13.8 Å². The summed E-state index contributed by atoms with van der Waals surface area (Å²) >= 11 is 0. The van der Waals surface area contributed by atoms with E-state index in [4.69, 9.17) is 0 Å². The molecule has 3 rings (SSSR count). The lowest BCUT2D eigenvalue weighted by Crippen LogP contribution is -2.33. The molecule has 1 saturated carbocycles. The first-order valence-electron chi connectivity index (χ1n) is 8.43. The van der Waals surface area contributed by atoms with Crippen molar-refractivity contribution in [3.8, 4) is 0 Å². The number of amides is 1. The average Bonchev–Trinajstić information content (AvgIpc) is 3.36. The molecule has 4 nitrogen and oxygen atoms in total. The van der Waals surface area contributed by atoms with Crippen molar-refractivity contribution in [1.82, 2.24) is 4.90 Å². The molecular formula is C20H23NO3S. The maximum Gasteiger partial charge on any atom is 0.254 e. The second-order valence-corrected chi connectivity index (χ2v) is 8.92. The number of rotatable bonds is 5. The quantitative estimate of drug-likeness (QED) is 0.823. The molecule has 25 heavy (non-hydrogen) atoms. The zero-order valence-electron chi connectivity index (χ0n) is 14.8. The van der Waals surface area contributed by atoms with Crippen molar-refractivity contribution >= 4 is 15.7 Å². The minimum atomic E-state index is -3.34. The van der Waals surface area contributed by atoms with E-state index in [2.05, 4.69) is 6.07 Å². The van der Waals surface area contributed by atoms with Gasteiger partial charge in [0.15, 0.2) is 9.84 Å². The molecule has 0 radical (unpaired) electrons. The molecule has 0 spiro atoms. The number of hydrogen-bond donors (Lipinski definition) is 0. The van der Waals surface area contributed by atoms with E-state index in [0.717, 1.165) is 35.8 Å². The summed E-state index contributed by atoms with van der Waals surface area (Å²) in [5, 5.41) is 0. The Labute approximate surface area is 149 Å². The standard InChI is InChI=1S/C20H23NO3S/c1-14-5-4-6-16(11-14)13-21(17-8-9-17)20(22)19-12-18(25(3,23)24)10-7-15(19)2/h4-7,10-12,17H,8-9,13H2,1-3H3. The lowest BCUT2D eigenvalue weighted by Gasteiger charge is -2.24. The summed E-state index contributed by atoms with van der Waals surface area (Å²) in [5.41, 5.74) is 3.53. The fourth-order valence-corrected chi connectivity index (χ4v) is 3.62. The normalized spacial score (nSPS) is 14.4. The first-order chi connectivity index (χ1) is 11.8. The molecule has 0 saturated heterocycles. The van der Waals surface area contributed by atoms with Gasteiger partial charge in [0.25, 0.3) is 5.91 Å². The van der Waals surface area contributed by atoms with Crippen LogP contribution in [-0.4, -0.2) is 31.5 Å². The van der Waals surface area contributed by atoms with E-state index in [9.17, 15) is 13.2 Å². The van der Waals surface area contributed by atoms with Crippen molar-refractivity contribution in [2.75, 3.05) is 6.26 Å². The van der Waals surface area contributed by atoms with Gasteiger partial charge in [0, 0.05) is 24.4 Å². The van der Waals surface area contributed by atoms with Crippen molar-refractivity contribution in [3.63, 3.8) is 0 Å². The highest BCUT2D eigenvalue weighted by Gasteiger charge is 2.33. The number of benzene rings is 2. The summed E-state index contributed by atoms with van der Waals surface area (Å²) in [7, 11) is -3.34. The average molecular weight is 357 g/mol. The smallest absolute Gasteiger partial charge is 0.254 e. The van der Waals surface area contributed by atoms with E-state index in [0.29, 0.717) is 12.1 Å². The van der Waals surface area contributed by atoms with Crippen LogP contribution < -0.4 is 0 Å². The first kappa shape index (κ1) is 17.7. The zero-order chi connectivity index (χ0) is 18.2. The predicted octanol–water partition coefficient (Wildman–Crippen LogP) is 3.51. The third-order valence-electron chi connectivity index (χ3n) is 4.55. The highest BCUT2D eigenvalue weighted by atomic mass is 32.2. The molecule has 1 aliphatic rings. The van der Waals surface area contributed by atoms with Gasteiger partial charge in [-0.25, -0.2) is 8.42 Å². The van der Waals surface area contributed by atoms with Crippen LogP contribution in [0.5, 0.6) is 0 Å². The van der Waals surface area contributed by atoms with Crippen molar-refractivity contribution in [2.45, 2.75) is 44.2 Å². The lowest BCUT2D eigenvalue weighted by molar-refractivity contribution is 0.0729. The molecule has 2 aromatic carbocycles. The van der Waals surface area contributed by atoms with Gasteiger partial charge in [0.1, 0.15) is 0 Å². The molecule has 0 heterocycles. The summed E-state index contributed by atoms with van der Waals surface area (Å²) in [4.78, 5) is 15.2. The van der Waals surface area contributed by atoms with E-state index in [1.807, 2.05) is 36.9 Å². The van der Waals surface area contributed by atoms with Crippen molar-refractivity contribution in [1.29, 1.82) is 0 Å². The number of nitrogens with zero attached hydrogens (tertiary/aromatic N) is 1. The maximum absolute atomic E-state index is 13.1. The molecule has 0 atom stereocenters. The van der Waals surface area contributed by atoms with Crippen molar-refractivity contribution < 1.29 is 13.2 Å². The fraction of sp³-hybridized carbons (Fsp3) is 0.350. The number of sulfone groups is 1. The molecule has 0 N–H and O–H groups in total. The molecule has 0 aliphatic heterocycles. The zero-order valence-corrected chi connectivity index (χ0v) is 15.6. The number of aryl methyl sites for hydroxylation is 2. The van der Waals surface area contributed by atoms with Gasteiger partial charge in [0.2, 0.25) is 0 Å². The van der Waals surface area contributed by atoms with Crippen LogP contribution in [0.4, 0.5) is 0 Å². The van der Waals surface area contributed by atoms with Gasteiger partial charge >= 0.3 is 0 Å². The van der Waals surface area contributed by atoms with Crippen LogP contribution in [0.1, 0.15) is 39.9 Å². The SMILES string of the molecule is Cc1cccc(CN(C(=O)c2cc(S(C)(=O)=O)ccc2C)C2CC2)c1. The maximum atomic E-state index is 13.1. The Morgan fingerprint density at radius 1 is 1.12 bits per heavy atom. The minimum Gasteiger partial charge on any atom is -0.331 e. The van der Waals surface area contributed by atoms with Crippen LogP contribution in [0.3, 0.4) is 0 Å². The number of carbonyl (C=O) groups is 1. The van der Waals surface area contributed by atoms with Gasteiger partial charge < -0.3 is 4.90 Å². The van der Waals surface area contributed by atoms with Crippen LogP contribution in [0.2, 0.25) is 0 Å². The Morgan fingerprint density at radius 3 is 2.44 bits per heavy atom. The van der Waals surface area contributed by atoms with Crippen LogP contribution in [0.25, 0.3) is 0 Å². The Kier molecular flexibility index (Phi) is 4.69. The van der Waals surface area contributed by atoms with Crippen molar-refractivity contribution in [3.05, 3.63) is 64.7 Å². The minimum absolute atomic E-state index is 0.0907. The van der Waals surface area contributed by atoms with E-state index in [1.54, 1.807) is 12.1 Å². The predicted molar refractivity (Wildman–Crippen MR) is 98.4 cm³/mol. The number of carbonyl (C=O) groups excluding carboxylic acids is 1. The molecule has 2 aromatic rings. The Morgan fingerprint density at radius 2 is 1.84 bits per heavy atom. The van der Waals surface area contributed by atoms with E-state index in [1.165, 1.54) is 6.07 Å². The topological polar surface area (TPSA) is 54.5 Å². The third kappa shape index (κ3) is 4.10. The molecule has 1 amide bonds. The fourth-order valence-electron chi connectivity index (χ4n) is 2.98. The van der Waals surface area contributed by atoms with Gasteiger partial charge in [-0.05, 0) is 49.9 Å². The summed E-state index contributed by atoms with van der Waals surface area (Å²) in [6.45, 7) is 4.43. The molecule has 132 valence electrons. The lowest BCUT2D eigenvalue weighted by atomic mass is 10.1. The summed E-state index contributed by atoms with van der Waals surface area (Å²) in [5.74, 6) is -0.0907.